The number of hydrogen-bond acceptors (Lipinski definition) is 3. The SMILES string of the molecule is Cc1cnc(C2CN(C(=O)CCCc3ccccc3)C2)n1Cc1cccnc1. The maximum absolute atomic E-state index is 12.5. The molecule has 3 aromatic rings. The minimum absolute atomic E-state index is 0.259. The molecule has 0 atom stereocenters. The second-order valence-corrected chi connectivity index (χ2v) is 7.54. The van der Waals surface area contributed by atoms with Gasteiger partial charge in [0.25, 0.3) is 0 Å². The highest BCUT2D eigenvalue weighted by Gasteiger charge is 2.34. The van der Waals surface area contributed by atoms with Crippen molar-refractivity contribution in [2.24, 2.45) is 0 Å². The first kappa shape index (κ1) is 18.4. The summed E-state index contributed by atoms with van der Waals surface area (Å²) in [6.45, 7) is 4.40. The lowest BCUT2D eigenvalue weighted by atomic mass is 9.97. The molecule has 28 heavy (non-hydrogen) atoms. The highest BCUT2D eigenvalue weighted by Crippen LogP contribution is 2.28. The van der Waals surface area contributed by atoms with Crippen molar-refractivity contribution in [2.45, 2.75) is 38.6 Å². The lowest BCUT2D eigenvalue weighted by molar-refractivity contribution is -0.135. The molecule has 0 N–H and O–H groups in total. The number of benzene rings is 1. The van der Waals surface area contributed by atoms with Gasteiger partial charge < -0.3 is 9.47 Å². The van der Waals surface area contributed by atoms with Gasteiger partial charge in [-0.1, -0.05) is 36.4 Å². The molecule has 1 fully saturated rings. The zero-order chi connectivity index (χ0) is 19.3. The molecular weight excluding hydrogens is 348 g/mol. The Morgan fingerprint density at radius 2 is 1.86 bits per heavy atom. The van der Waals surface area contributed by atoms with E-state index in [2.05, 4.69) is 39.7 Å². The molecule has 3 heterocycles. The van der Waals surface area contributed by atoms with Gasteiger partial charge in [0.15, 0.2) is 0 Å². The van der Waals surface area contributed by atoms with Crippen molar-refractivity contribution in [3.63, 3.8) is 0 Å². The van der Waals surface area contributed by atoms with Crippen molar-refractivity contribution >= 4 is 5.91 Å². The van der Waals surface area contributed by atoms with Gasteiger partial charge in [-0.15, -0.1) is 0 Å². The summed E-state index contributed by atoms with van der Waals surface area (Å²) in [6, 6.07) is 14.4. The van der Waals surface area contributed by atoms with Crippen LogP contribution in [0.1, 0.15) is 41.4 Å². The van der Waals surface area contributed by atoms with E-state index < -0.39 is 0 Å². The van der Waals surface area contributed by atoms with E-state index in [1.807, 2.05) is 41.6 Å². The first-order chi connectivity index (χ1) is 13.7. The van der Waals surface area contributed by atoms with Crippen LogP contribution in [0.25, 0.3) is 0 Å². The second kappa shape index (κ2) is 8.38. The third-order valence-electron chi connectivity index (χ3n) is 5.45. The smallest absolute Gasteiger partial charge is 0.222 e. The Hall–Kier alpha value is -2.95. The largest absolute Gasteiger partial charge is 0.341 e. The topological polar surface area (TPSA) is 51.0 Å². The average Bonchev–Trinajstić information content (AvgIpc) is 3.03. The van der Waals surface area contributed by atoms with Crippen LogP contribution in [-0.4, -0.2) is 38.4 Å². The average molecular weight is 374 g/mol. The van der Waals surface area contributed by atoms with E-state index in [1.54, 1.807) is 6.20 Å². The number of pyridine rings is 1. The fourth-order valence-electron chi connectivity index (χ4n) is 3.78. The Bertz CT molecular complexity index is 914. The molecule has 1 aliphatic rings. The summed E-state index contributed by atoms with van der Waals surface area (Å²) < 4.78 is 2.25. The number of imidazole rings is 1. The van der Waals surface area contributed by atoms with E-state index >= 15 is 0 Å². The fourth-order valence-corrected chi connectivity index (χ4v) is 3.78. The highest BCUT2D eigenvalue weighted by molar-refractivity contribution is 5.77. The van der Waals surface area contributed by atoms with Crippen LogP contribution < -0.4 is 0 Å². The van der Waals surface area contributed by atoms with Gasteiger partial charge in [-0.2, -0.15) is 0 Å². The van der Waals surface area contributed by atoms with Crippen molar-refractivity contribution in [2.75, 3.05) is 13.1 Å². The molecule has 0 unspecified atom stereocenters. The molecule has 2 aromatic heterocycles. The van der Waals surface area contributed by atoms with Gasteiger partial charge in [0.05, 0.1) is 12.5 Å². The normalized spacial score (nSPS) is 14.1. The monoisotopic (exact) mass is 374 g/mol. The minimum Gasteiger partial charge on any atom is -0.341 e. The van der Waals surface area contributed by atoms with Crippen molar-refractivity contribution in [3.05, 3.63) is 83.7 Å². The van der Waals surface area contributed by atoms with Gasteiger partial charge in [0.2, 0.25) is 5.91 Å². The molecule has 5 nitrogen and oxygen atoms in total. The van der Waals surface area contributed by atoms with Crippen molar-refractivity contribution in [3.8, 4) is 0 Å². The number of amides is 1. The standard InChI is InChI=1S/C23H26N4O/c1-18-13-25-23(27(18)15-20-10-6-12-24-14-20)21-16-26(17-21)22(28)11-5-9-19-7-3-2-4-8-19/h2-4,6-8,10,12-14,21H,5,9,11,15-17H2,1H3. The number of hydrogen-bond donors (Lipinski definition) is 0. The number of nitrogens with zero attached hydrogens (tertiary/aromatic N) is 4. The Labute approximate surface area is 166 Å². The number of likely N-dealkylation sites (tertiary alicyclic amines) is 1. The molecule has 0 aliphatic carbocycles. The van der Waals surface area contributed by atoms with Crippen LogP contribution >= 0.6 is 0 Å². The Morgan fingerprint density at radius 3 is 2.61 bits per heavy atom. The summed E-state index contributed by atoms with van der Waals surface area (Å²) in [5.41, 5.74) is 3.61. The quantitative estimate of drug-likeness (QED) is 0.635. The first-order valence-electron chi connectivity index (χ1n) is 9.93. The Kier molecular flexibility index (Phi) is 5.51. The molecule has 0 saturated carbocycles. The van der Waals surface area contributed by atoms with Crippen LogP contribution in [0.4, 0.5) is 0 Å². The predicted molar refractivity (Wildman–Crippen MR) is 109 cm³/mol. The maximum Gasteiger partial charge on any atom is 0.222 e. The Morgan fingerprint density at radius 1 is 1.07 bits per heavy atom. The molecule has 4 rings (SSSR count). The van der Waals surface area contributed by atoms with E-state index in [0.29, 0.717) is 12.3 Å². The summed E-state index contributed by atoms with van der Waals surface area (Å²) in [5, 5.41) is 0. The van der Waals surface area contributed by atoms with Crippen LogP contribution in [0.3, 0.4) is 0 Å². The lowest BCUT2D eigenvalue weighted by Crippen LogP contribution is -2.49. The van der Waals surface area contributed by atoms with Gasteiger partial charge in [-0.05, 0) is 37.0 Å². The molecule has 5 heteroatoms. The zero-order valence-corrected chi connectivity index (χ0v) is 16.3. The summed E-state index contributed by atoms with van der Waals surface area (Å²) in [4.78, 5) is 23.3. The van der Waals surface area contributed by atoms with Crippen LogP contribution in [0, 0.1) is 6.92 Å². The Balaban J connectivity index is 1.30. The van der Waals surface area contributed by atoms with Crippen molar-refractivity contribution < 1.29 is 4.79 Å². The van der Waals surface area contributed by atoms with E-state index in [0.717, 1.165) is 49.6 Å². The molecule has 1 aromatic carbocycles. The van der Waals surface area contributed by atoms with Gasteiger partial charge >= 0.3 is 0 Å². The molecule has 0 spiro atoms. The van der Waals surface area contributed by atoms with Gasteiger partial charge in [0.1, 0.15) is 5.82 Å². The van der Waals surface area contributed by atoms with Crippen LogP contribution in [0.15, 0.2) is 61.1 Å². The van der Waals surface area contributed by atoms with Crippen molar-refractivity contribution in [1.29, 1.82) is 0 Å². The number of carbonyl (C=O) groups is 1. The fraction of sp³-hybridized carbons (Fsp3) is 0.348. The number of carbonyl (C=O) groups excluding carboxylic acids is 1. The first-order valence-corrected chi connectivity index (χ1v) is 9.93. The number of aromatic nitrogens is 3. The minimum atomic E-state index is 0.259. The number of rotatable bonds is 7. The highest BCUT2D eigenvalue weighted by atomic mass is 16.2. The third kappa shape index (κ3) is 4.14. The summed E-state index contributed by atoms with van der Waals surface area (Å²) in [5.74, 6) is 1.66. The zero-order valence-electron chi connectivity index (χ0n) is 16.3. The summed E-state index contributed by atoms with van der Waals surface area (Å²) in [6.07, 6.45) is 8.09. The predicted octanol–water partition coefficient (Wildman–Crippen LogP) is 3.58. The molecule has 0 radical (unpaired) electrons. The van der Waals surface area contributed by atoms with E-state index in [4.69, 9.17) is 0 Å². The van der Waals surface area contributed by atoms with E-state index in [9.17, 15) is 4.79 Å². The maximum atomic E-state index is 12.5. The third-order valence-corrected chi connectivity index (χ3v) is 5.45. The number of aryl methyl sites for hydroxylation is 2. The molecule has 1 aliphatic heterocycles. The van der Waals surface area contributed by atoms with E-state index in [1.165, 1.54) is 5.56 Å². The molecule has 1 amide bonds. The lowest BCUT2D eigenvalue weighted by Gasteiger charge is -2.39. The van der Waals surface area contributed by atoms with Crippen LogP contribution in [0.5, 0.6) is 0 Å². The van der Waals surface area contributed by atoms with Gasteiger partial charge in [-0.3, -0.25) is 9.78 Å². The van der Waals surface area contributed by atoms with Gasteiger partial charge in [0, 0.05) is 43.8 Å². The van der Waals surface area contributed by atoms with Crippen LogP contribution in [0.2, 0.25) is 0 Å². The molecule has 144 valence electrons. The molecule has 0 bridgehead atoms. The summed E-state index contributed by atoms with van der Waals surface area (Å²) in [7, 11) is 0. The van der Waals surface area contributed by atoms with Crippen molar-refractivity contribution in [1.82, 2.24) is 19.4 Å². The van der Waals surface area contributed by atoms with E-state index in [-0.39, 0.29) is 5.91 Å². The van der Waals surface area contributed by atoms with Gasteiger partial charge in [-0.25, -0.2) is 4.98 Å². The molecule has 1 saturated heterocycles. The van der Waals surface area contributed by atoms with Crippen LogP contribution in [-0.2, 0) is 17.8 Å². The second-order valence-electron chi connectivity index (χ2n) is 7.54. The molecular formula is C23H26N4O. The summed E-state index contributed by atoms with van der Waals surface area (Å²) >= 11 is 0.